The van der Waals surface area contributed by atoms with E-state index < -0.39 is 15.8 Å². The van der Waals surface area contributed by atoms with E-state index in [0.717, 1.165) is 11.6 Å². The molecule has 0 heterocycles. The van der Waals surface area contributed by atoms with E-state index in [0.29, 0.717) is 16.9 Å². The van der Waals surface area contributed by atoms with Gasteiger partial charge in [-0.2, -0.15) is 0 Å². The van der Waals surface area contributed by atoms with Crippen molar-refractivity contribution >= 4 is 37.3 Å². The Morgan fingerprint density at radius 3 is 2.48 bits per heavy atom. The minimum absolute atomic E-state index is 0.151. The van der Waals surface area contributed by atoms with Gasteiger partial charge in [-0.1, -0.05) is 6.07 Å². The van der Waals surface area contributed by atoms with Gasteiger partial charge in [-0.05, 0) is 65.2 Å². The van der Waals surface area contributed by atoms with Crippen molar-refractivity contribution in [3.05, 3.63) is 51.7 Å². The summed E-state index contributed by atoms with van der Waals surface area (Å²) >= 11 is 2.99. The second-order valence-electron chi connectivity index (χ2n) is 4.65. The smallest absolute Gasteiger partial charge is 0.262 e. The number of benzene rings is 2. The van der Waals surface area contributed by atoms with Crippen LogP contribution in [0.15, 0.2) is 39.7 Å². The number of hydrogen-bond acceptors (Lipinski definition) is 3. The van der Waals surface area contributed by atoms with Crippen LogP contribution >= 0.6 is 15.9 Å². The van der Waals surface area contributed by atoms with Crippen molar-refractivity contribution in [1.82, 2.24) is 0 Å². The first-order valence-electron chi connectivity index (χ1n) is 6.06. The number of sulfonamides is 1. The summed E-state index contributed by atoms with van der Waals surface area (Å²) in [5, 5.41) is 0. The maximum absolute atomic E-state index is 13.5. The van der Waals surface area contributed by atoms with Crippen molar-refractivity contribution in [2.45, 2.75) is 18.7 Å². The largest absolute Gasteiger partial charge is 0.398 e. The van der Waals surface area contributed by atoms with Crippen LogP contribution in [0.5, 0.6) is 0 Å². The average Bonchev–Trinajstić information content (AvgIpc) is 2.42. The highest BCUT2D eigenvalue weighted by molar-refractivity contribution is 9.10. The Morgan fingerprint density at radius 1 is 1.19 bits per heavy atom. The Morgan fingerprint density at radius 2 is 1.86 bits per heavy atom. The van der Waals surface area contributed by atoms with Gasteiger partial charge in [-0.15, -0.1) is 0 Å². The lowest BCUT2D eigenvalue weighted by Gasteiger charge is -2.13. The number of rotatable bonds is 3. The Bertz CT molecular complexity index is 807. The van der Waals surface area contributed by atoms with E-state index in [-0.39, 0.29) is 9.37 Å². The third-order valence-electron chi connectivity index (χ3n) is 3.18. The van der Waals surface area contributed by atoms with Gasteiger partial charge in [-0.25, -0.2) is 12.8 Å². The predicted octanol–water partition coefficient (Wildman–Crippen LogP) is 3.59. The molecule has 0 unspecified atom stereocenters. The van der Waals surface area contributed by atoms with E-state index in [1.165, 1.54) is 12.1 Å². The van der Waals surface area contributed by atoms with E-state index in [4.69, 9.17) is 5.73 Å². The fourth-order valence-electron chi connectivity index (χ4n) is 1.82. The molecule has 0 aromatic heterocycles. The molecular formula is C14H14BrFN2O2S. The summed E-state index contributed by atoms with van der Waals surface area (Å²) in [6.45, 7) is 3.56. The first-order valence-corrected chi connectivity index (χ1v) is 8.33. The summed E-state index contributed by atoms with van der Waals surface area (Å²) in [4.78, 5) is -0.151. The van der Waals surface area contributed by atoms with Gasteiger partial charge < -0.3 is 5.73 Å². The van der Waals surface area contributed by atoms with Gasteiger partial charge in [0.25, 0.3) is 10.0 Å². The molecule has 0 bridgehead atoms. The van der Waals surface area contributed by atoms with Crippen molar-refractivity contribution in [1.29, 1.82) is 0 Å². The first-order chi connectivity index (χ1) is 9.72. The van der Waals surface area contributed by atoms with Gasteiger partial charge >= 0.3 is 0 Å². The molecule has 0 aliphatic rings. The highest BCUT2D eigenvalue weighted by atomic mass is 79.9. The molecule has 3 N–H and O–H groups in total. The van der Waals surface area contributed by atoms with E-state index in [1.54, 1.807) is 19.1 Å². The van der Waals surface area contributed by atoms with Gasteiger partial charge in [0.1, 0.15) is 5.82 Å². The minimum Gasteiger partial charge on any atom is -0.398 e. The second-order valence-corrected chi connectivity index (χ2v) is 7.19. The number of nitrogens with one attached hydrogen (secondary N) is 1. The highest BCUT2D eigenvalue weighted by Crippen LogP contribution is 2.27. The SMILES string of the molecule is Cc1ccc(NS(=O)(=O)c2ccc(Br)c(F)c2)c(C)c1N. The zero-order valence-electron chi connectivity index (χ0n) is 11.4. The first kappa shape index (κ1) is 15.8. The Kier molecular flexibility index (Phi) is 4.25. The molecule has 0 aliphatic heterocycles. The highest BCUT2D eigenvalue weighted by Gasteiger charge is 2.17. The van der Waals surface area contributed by atoms with Crippen LogP contribution in [0.3, 0.4) is 0 Å². The van der Waals surface area contributed by atoms with Crippen LogP contribution in [0, 0.1) is 19.7 Å². The Hall–Kier alpha value is -1.60. The van der Waals surface area contributed by atoms with Crippen LogP contribution in [0.25, 0.3) is 0 Å². The minimum atomic E-state index is -3.87. The molecule has 0 atom stereocenters. The number of hydrogen-bond donors (Lipinski definition) is 2. The van der Waals surface area contributed by atoms with Crippen molar-refractivity contribution in [3.8, 4) is 0 Å². The molecule has 0 amide bonds. The third kappa shape index (κ3) is 3.19. The molecule has 0 saturated heterocycles. The van der Waals surface area contributed by atoms with Crippen molar-refractivity contribution in [2.24, 2.45) is 0 Å². The Balaban J connectivity index is 2.42. The third-order valence-corrected chi connectivity index (χ3v) is 5.18. The fourth-order valence-corrected chi connectivity index (χ4v) is 3.20. The van der Waals surface area contributed by atoms with Crippen LogP contribution in [0.4, 0.5) is 15.8 Å². The van der Waals surface area contributed by atoms with E-state index in [9.17, 15) is 12.8 Å². The van der Waals surface area contributed by atoms with Gasteiger partial charge in [0.15, 0.2) is 0 Å². The molecule has 2 aromatic rings. The topological polar surface area (TPSA) is 72.2 Å². The summed E-state index contributed by atoms with van der Waals surface area (Å²) in [6.07, 6.45) is 0. The molecule has 2 rings (SSSR count). The van der Waals surface area contributed by atoms with Crippen molar-refractivity contribution in [2.75, 3.05) is 10.5 Å². The molecule has 112 valence electrons. The summed E-state index contributed by atoms with van der Waals surface area (Å²) in [5.41, 5.74) is 8.29. The lowest BCUT2D eigenvalue weighted by atomic mass is 10.1. The van der Waals surface area contributed by atoms with Gasteiger partial charge in [0.05, 0.1) is 15.1 Å². The summed E-state index contributed by atoms with van der Waals surface area (Å²) in [5.74, 6) is -0.641. The molecule has 0 saturated carbocycles. The maximum atomic E-state index is 13.5. The number of nitrogens with two attached hydrogens (primary N) is 1. The monoisotopic (exact) mass is 372 g/mol. The predicted molar refractivity (Wildman–Crippen MR) is 85.2 cm³/mol. The summed E-state index contributed by atoms with van der Waals surface area (Å²) < 4.78 is 40.7. The molecule has 0 aliphatic carbocycles. The standard InChI is InChI=1S/C14H14BrFN2O2S/c1-8-3-6-13(9(2)14(8)17)18-21(19,20)10-4-5-11(15)12(16)7-10/h3-7,18H,17H2,1-2H3. The van der Waals surface area contributed by atoms with Crippen LogP contribution in [-0.2, 0) is 10.0 Å². The lowest BCUT2D eigenvalue weighted by Crippen LogP contribution is -2.14. The number of nitrogen functional groups attached to an aromatic ring is 1. The molecule has 0 fully saturated rings. The van der Waals surface area contributed by atoms with Crippen LogP contribution in [0.1, 0.15) is 11.1 Å². The fraction of sp³-hybridized carbons (Fsp3) is 0.143. The molecule has 2 aromatic carbocycles. The summed E-state index contributed by atoms with van der Waals surface area (Å²) in [7, 11) is -3.87. The average molecular weight is 373 g/mol. The van der Waals surface area contributed by atoms with Crippen LogP contribution < -0.4 is 10.5 Å². The van der Waals surface area contributed by atoms with Gasteiger partial charge in [0.2, 0.25) is 0 Å². The zero-order valence-corrected chi connectivity index (χ0v) is 13.8. The number of aryl methyl sites for hydroxylation is 1. The van der Waals surface area contributed by atoms with Crippen LogP contribution in [-0.4, -0.2) is 8.42 Å². The van der Waals surface area contributed by atoms with E-state index >= 15 is 0 Å². The van der Waals surface area contributed by atoms with E-state index in [2.05, 4.69) is 20.7 Å². The zero-order chi connectivity index (χ0) is 15.8. The number of anilines is 2. The molecule has 7 heteroatoms. The number of halogens is 2. The van der Waals surface area contributed by atoms with Gasteiger partial charge in [-0.3, -0.25) is 4.72 Å². The second kappa shape index (κ2) is 5.65. The molecule has 0 radical (unpaired) electrons. The lowest BCUT2D eigenvalue weighted by molar-refractivity contribution is 0.593. The quantitative estimate of drug-likeness (QED) is 0.808. The van der Waals surface area contributed by atoms with Crippen molar-refractivity contribution in [3.63, 3.8) is 0 Å². The molecule has 21 heavy (non-hydrogen) atoms. The van der Waals surface area contributed by atoms with E-state index in [1.807, 2.05) is 6.92 Å². The maximum Gasteiger partial charge on any atom is 0.262 e. The van der Waals surface area contributed by atoms with Gasteiger partial charge in [0, 0.05) is 5.69 Å². The van der Waals surface area contributed by atoms with Crippen molar-refractivity contribution < 1.29 is 12.8 Å². The molecule has 4 nitrogen and oxygen atoms in total. The Labute approximate surface area is 131 Å². The normalized spacial score (nSPS) is 11.4. The molecule has 0 spiro atoms. The summed E-state index contributed by atoms with van der Waals surface area (Å²) in [6, 6.07) is 6.98. The molecular weight excluding hydrogens is 359 g/mol. The van der Waals surface area contributed by atoms with Crippen LogP contribution in [0.2, 0.25) is 0 Å².